The summed E-state index contributed by atoms with van der Waals surface area (Å²) < 4.78 is 4.89. The molecule has 0 aliphatic carbocycles. The lowest BCUT2D eigenvalue weighted by atomic mass is 9.93. The molecule has 2 N–H and O–H groups in total. The van der Waals surface area contributed by atoms with E-state index >= 15 is 0 Å². The Kier molecular flexibility index (Phi) is 4.55. The summed E-state index contributed by atoms with van der Waals surface area (Å²) in [6, 6.07) is 1.69. The van der Waals surface area contributed by atoms with Gasteiger partial charge in [0, 0.05) is 12.6 Å². The van der Waals surface area contributed by atoms with Crippen LogP contribution in [-0.2, 0) is 4.79 Å². The van der Waals surface area contributed by atoms with Gasteiger partial charge in [0.25, 0.3) is 0 Å². The minimum Gasteiger partial charge on any atom is -0.393 e. The molecule has 2 heterocycles. The van der Waals surface area contributed by atoms with Gasteiger partial charge in [-0.25, -0.2) is 0 Å². The second-order valence-corrected chi connectivity index (χ2v) is 5.25. The molecule has 1 aliphatic heterocycles. The second kappa shape index (κ2) is 6.16. The summed E-state index contributed by atoms with van der Waals surface area (Å²) in [4.78, 5) is 13.9. The number of hydrogen-bond donors (Lipinski definition) is 2. The molecule has 1 fully saturated rings. The monoisotopic (exact) mass is 267 g/mol. The summed E-state index contributed by atoms with van der Waals surface area (Å²) in [6.45, 7) is 5.58. The standard InChI is InChI=1S/C13H21N3O3/c1-9-6-12(15-19-9)14-13(18)8-16-5-3-4-11(7-16)10(2)17/h6,10-11,17H,3-5,7-8H2,1-2H3,(H,14,15,18). The predicted octanol–water partition coefficient (Wildman–Crippen LogP) is 1.01. The fraction of sp³-hybridized carbons (Fsp3) is 0.692. The first-order chi connectivity index (χ1) is 9.04. The molecular weight excluding hydrogens is 246 g/mol. The normalized spacial score (nSPS) is 22.2. The van der Waals surface area contributed by atoms with Gasteiger partial charge in [-0.1, -0.05) is 5.16 Å². The number of aromatic nitrogens is 1. The number of piperidine rings is 1. The van der Waals surface area contributed by atoms with Crippen LogP contribution >= 0.6 is 0 Å². The van der Waals surface area contributed by atoms with Crippen LogP contribution < -0.4 is 5.32 Å². The number of nitrogens with one attached hydrogen (secondary N) is 1. The van der Waals surface area contributed by atoms with E-state index in [-0.39, 0.29) is 17.9 Å². The Morgan fingerprint density at radius 3 is 3.16 bits per heavy atom. The van der Waals surface area contributed by atoms with Crippen LogP contribution in [0.1, 0.15) is 25.5 Å². The van der Waals surface area contributed by atoms with Crippen molar-refractivity contribution in [2.75, 3.05) is 25.0 Å². The Hall–Kier alpha value is -1.40. The third-order valence-corrected chi connectivity index (χ3v) is 3.49. The van der Waals surface area contributed by atoms with E-state index in [1.165, 1.54) is 0 Å². The van der Waals surface area contributed by atoms with Gasteiger partial charge >= 0.3 is 0 Å². The maximum Gasteiger partial charge on any atom is 0.239 e. The molecule has 1 aromatic heterocycles. The number of nitrogens with zero attached hydrogens (tertiary/aromatic N) is 2. The van der Waals surface area contributed by atoms with E-state index in [1.54, 1.807) is 13.0 Å². The summed E-state index contributed by atoms with van der Waals surface area (Å²) in [6.07, 6.45) is 1.73. The van der Waals surface area contributed by atoms with Gasteiger partial charge in [-0.15, -0.1) is 0 Å². The molecule has 6 nitrogen and oxygen atoms in total. The molecular formula is C13H21N3O3. The van der Waals surface area contributed by atoms with E-state index in [0.717, 1.165) is 25.9 Å². The fourth-order valence-corrected chi connectivity index (χ4v) is 2.44. The van der Waals surface area contributed by atoms with Crippen LogP contribution in [0.4, 0.5) is 5.82 Å². The number of carbonyl (C=O) groups is 1. The van der Waals surface area contributed by atoms with Crippen molar-refractivity contribution >= 4 is 11.7 Å². The second-order valence-electron chi connectivity index (χ2n) is 5.25. The van der Waals surface area contributed by atoms with Crippen LogP contribution in [0.15, 0.2) is 10.6 Å². The number of carbonyl (C=O) groups excluding carboxylic acids is 1. The molecule has 0 aromatic carbocycles. The van der Waals surface area contributed by atoms with Crippen LogP contribution in [0, 0.1) is 12.8 Å². The maximum atomic E-state index is 11.9. The molecule has 1 saturated heterocycles. The SMILES string of the molecule is Cc1cc(NC(=O)CN2CCCC(C(C)O)C2)no1. The van der Waals surface area contributed by atoms with Gasteiger partial charge in [0.1, 0.15) is 5.76 Å². The van der Waals surface area contributed by atoms with E-state index < -0.39 is 0 Å². The van der Waals surface area contributed by atoms with E-state index in [2.05, 4.69) is 15.4 Å². The van der Waals surface area contributed by atoms with Crippen molar-refractivity contribution in [2.45, 2.75) is 32.8 Å². The number of aliphatic hydroxyl groups is 1. The average Bonchev–Trinajstić information content (AvgIpc) is 2.74. The number of aliphatic hydroxyl groups excluding tert-OH is 1. The van der Waals surface area contributed by atoms with Crippen molar-refractivity contribution in [1.82, 2.24) is 10.1 Å². The number of amides is 1. The first-order valence-electron chi connectivity index (χ1n) is 6.68. The number of rotatable bonds is 4. The highest BCUT2D eigenvalue weighted by Crippen LogP contribution is 2.19. The highest BCUT2D eigenvalue weighted by molar-refractivity contribution is 5.91. The molecule has 1 aromatic rings. The van der Waals surface area contributed by atoms with Crippen LogP contribution in [0.25, 0.3) is 0 Å². The number of aryl methyl sites for hydroxylation is 1. The van der Waals surface area contributed by atoms with Gasteiger partial charge in [0.05, 0.1) is 12.6 Å². The molecule has 19 heavy (non-hydrogen) atoms. The summed E-state index contributed by atoms with van der Waals surface area (Å²) >= 11 is 0. The highest BCUT2D eigenvalue weighted by atomic mass is 16.5. The summed E-state index contributed by atoms with van der Waals surface area (Å²) in [5.41, 5.74) is 0. The topological polar surface area (TPSA) is 78.6 Å². The molecule has 2 unspecified atom stereocenters. The molecule has 0 radical (unpaired) electrons. The maximum absolute atomic E-state index is 11.9. The van der Waals surface area contributed by atoms with Crippen molar-refractivity contribution in [3.05, 3.63) is 11.8 Å². The highest BCUT2D eigenvalue weighted by Gasteiger charge is 2.24. The van der Waals surface area contributed by atoms with Gasteiger partial charge in [-0.3, -0.25) is 9.69 Å². The van der Waals surface area contributed by atoms with Crippen molar-refractivity contribution in [3.63, 3.8) is 0 Å². The quantitative estimate of drug-likeness (QED) is 0.851. The van der Waals surface area contributed by atoms with E-state index in [0.29, 0.717) is 18.1 Å². The van der Waals surface area contributed by atoms with Gasteiger partial charge in [-0.05, 0) is 39.2 Å². The zero-order valence-electron chi connectivity index (χ0n) is 11.4. The molecule has 0 saturated carbocycles. The Balaban J connectivity index is 1.81. The predicted molar refractivity (Wildman–Crippen MR) is 70.7 cm³/mol. The van der Waals surface area contributed by atoms with Crippen molar-refractivity contribution in [2.24, 2.45) is 5.92 Å². The van der Waals surface area contributed by atoms with Crippen LogP contribution in [0.3, 0.4) is 0 Å². The van der Waals surface area contributed by atoms with Crippen LogP contribution in [0.2, 0.25) is 0 Å². The van der Waals surface area contributed by atoms with Crippen LogP contribution in [0.5, 0.6) is 0 Å². The number of hydrogen-bond acceptors (Lipinski definition) is 5. The van der Waals surface area contributed by atoms with E-state index in [4.69, 9.17) is 4.52 Å². The average molecular weight is 267 g/mol. The van der Waals surface area contributed by atoms with Gasteiger partial charge < -0.3 is 14.9 Å². The third kappa shape index (κ3) is 4.04. The molecule has 0 bridgehead atoms. The summed E-state index contributed by atoms with van der Waals surface area (Å²) in [7, 11) is 0. The summed E-state index contributed by atoms with van der Waals surface area (Å²) in [5, 5.41) is 16.1. The van der Waals surface area contributed by atoms with E-state index in [1.807, 2.05) is 6.92 Å². The Labute approximate surface area is 112 Å². The molecule has 106 valence electrons. The van der Waals surface area contributed by atoms with Gasteiger partial charge in [0.2, 0.25) is 5.91 Å². The third-order valence-electron chi connectivity index (χ3n) is 3.49. The summed E-state index contributed by atoms with van der Waals surface area (Å²) in [5.74, 6) is 1.28. The zero-order chi connectivity index (χ0) is 13.8. The first kappa shape index (κ1) is 14.0. The van der Waals surface area contributed by atoms with Gasteiger partial charge in [0.15, 0.2) is 5.82 Å². The van der Waals surface area contributed by atoms with Crippen molar-refractivity contribution < 1.29 is 14.4 Å². The van der Waals surface area contributed by atoms with Crippen molar-refractivity contribution in [1.29, 1.82) is 0 Å². The fourth-order valence-electron chi connectivity index (χ4n) is 2.44. The van der Waals surface area contributed by atoms with E-state index in [9.17, 15) is 9.90 Å². The molecule has 1 aliphatic rings. The minimum absolute atomic E-state index is 0.0976. The Morgan fingerprint density at radius 1 is 1.74 bits per heavy atom. The molecule has 6 heteroatoms. The Morgan fingerprint density at radius 2 is 2.53 bits per heavy atom. The van der Waals surface area contributed by atoms with Gasteiger partial charge in [-0.2, -0.15) is 0 Å². The smallest absolute Gasteiger partial charge is 0.239 e. The molecule has 2 atom stereocenters. The molecule has 2 rings (SSSR count). The zero-order valence-corrected chi connectivity index (χ0v) is 11.4. The number of likely N-dealkylation sites (tertiary alicyclic amines) is 1. The lowest BCUT2D eigenvalue weighted by Crippen LogP contribution is -2.43. The van der Waals surface area contributed by atoms with Crippen molar-refractivity contribution in [3.8, 4) is 0 Å². The number of anilines is 1. The Bertz CT molecular complexity index is 431. The first-order valence-corrected chi connectivity index (χ1v) is 6.68. The largest absolute Gasteiger partial charge is 0.393 e. The molecule has 1 amide bonds. The minimum atomic E-state index is -0.316. The lowest BCUT2D eigenvalue weighted by Gasteiger charge is -2.33. The van der Waals surface area contributed by atoms with Crippen LogP contribution in [-0.4, -0.2) is 46.8 Å². The lowest BCUT2D eigenvalue weighted by molar-refractivity contribution is -0.118. The molecule has 0 spiro atoms.